The molecule has 2 aromatic carbocycles. The second-order valence-electron chi connectivity index (χ2n) is 5.57. The molecule has 24 heavy (non-hydrogen) atoms. The number of nitrogens with one attached hydrogen (secondary N) is 1. The van der Waals surface area contributed by atoms with Gasteiger partial charge in [-0.15, -0.1) is 0 Å². The Morgan fingerprint density at radius 3 is 2.79 bits per heavy atom. The minimum atomic E-state index is -0.428. The summed E-state index contributed by atoms with van der Waals surface area (Å²) in [6.45, 7) is 3.98. The van der Waals surface area contributed by atoms with Crippen LogP contribution in [0.3, 0.4) is 0 Å². The second kappa shape index (κ2) is 6.45. The fraction of sp³-hybridized carbons (Fsp3) is 0.111. The number of anilines is 1. The lowest BCUT2D eigenvalue weighted by Crippen LogP contribution is -1.97. The van der Waals surface area contributed by atoms with E-state index >= 15 is 0 Å². The van der Waals surface area contributed by atoms with Gasteiger partial charge in [-0.2, -0.15) is 5.10 Å². The molecule has 0 bridgehead atoms. The van der Waals surface area contributed by atoms with Gasteiger partial charge in [0.2, 0.25) is 0 Å². The molecule has 6 nitrogen and oxygen atoms in total. The molecule has 6 heteroatoms. The zero-order valence-corrected chi connectivity index (χ0v) is 13.4. The molecule has 0 radical (unpaired) electrons. The number of aryl methyl sites for hydroxylation is 2. The van der Waals surface area contributed by atoms with Crippen molar-refractivity contribution in [2.75, 3.05) is 5.43 Å². The fourth-order valence-electron chi connectivity index (χ4n) is 2.38. The Morgan fingerprint density at radius 2 is 2.00 bits per heavy atom. The Morgan fingerprint density at radius 1 is 1.17 bits per heavy atom. The van der Waals surface area contributed by atoms with Crippen LogP contribution in [-0.4, -0.2) is 16.1 Å². The van der Waals surface area contributed by atoms with Gasteiger partial charge in [-0.1, -0.05) is 24.3 Å². The third-order valence-electron chi connectivity index (χ3n) is 3.63. The van der Waals surface area contributed by atoms with Crippen molar-refractivity contribution in [3.63, 3.8) is 0 Å². The molecule has 0 aliphatic heterocycles. The van der Waals surface area contributed by atoms with Crippen LogP contribution in [0.25, 0.3) is 10.9 Å². The molecular weight excluding hydrogens is 304 g/mol. The highest BCUT2D eigenvalue weighted by Gasteiger charge is 2.05. The summed E-state index contributed by atoms with van der Waals surface area (Å²) in [5.41, 5.74) is 6.61. The number of hydrogen-bond acceptors (Lipinski definition) is 5. The summed E-state index contributed by atoms with van der Waals surface area (Å²) in [5.74, 6) is 0.662. The van der Waals surface area contributed by atoms with Crippen LogP contribution in [0.15, 0.2) is 53.6 Å². The monoisotopic (exact) mass is 320 g/mol. The minimum Gasteiger partial charge on any atom is -0.261 e. The van der Waals surface area contributed by atoms with E-state index in [4.69, 9.17) is 0 Å². The first-order valence-electron chi connectivity index (χ1n) is 7.44. The maximum Gasteiger partial charge on any atom is 0.270 e. The van der Waals surface area contributed by atoms with Gasteiger partial charge in [0.25, 0.3) is 5.69 Å². The number of hydrogen-bond donors (Lipinski definition) is 1. The van der Waals surface area contributed by atoms with Crippen molar-refractivity contribution in [1.82, 2.24) is 4.98 Å². The van der Waals surface area contributed by atoms with E-state index in [1.54, 1.807) is 12.1 Å². The summed E-state index contributed by atoms with van der Waals surface area (Å²) in [6, 6.07) is 14.5. The number of nitro groups is 1. The zero-order valence-electron chi connectivity index (χ0n) is 13.4. The molecule has 0 unspecified atom stereocenters. The summed E-state index contributed by atoms with van der Waals surface area (Å²) in [4.78, 5) is 14.9. The molecule has 120 valence electrons. The summed E-state index contributed by atoms with van der Waals surface area (Å²) in [6.07, 6.45) is 1.54. The summed E-state index contributed by atoms with van der Waals surface area (Å²) in [7, 11) is 0. The summed E-state index contributed by atoms with van der Waals surface area (Å²) >= 11 is 0. The highest BCUT2D eigenvalue weighted by atomic mass is 16.6. The van der Waals surface area contributed by atoms with Gasteiger partial charge < -0.3 is 0 Å². The standard InChI is InChI=1S/C18H16N4O2/c1-12-6-7-15-9-13(2)18(20-17(15)8-12)21-19-11-14-4-3-5-16(10-14)22(23)24/h3-11H,1-2H3,(H,20,21)/b19-11-. The molecule has 0 aliphatic carbocycles. The number of nitrogens with zero attached hydrogens (tertiary/aromatic N) is 3. The first-order chi connectivity index (χ1) is 11.5. The van der Waals surface area contributed by atoms with Gasteiger partial charge >= 0.3 is 0 Å². The quantitative estimate of drug-likeness (QED) is 0.443. The molecule has 1 N–H and O–H groups in total. The molecule has 0 saturated carbocycles. The molecule has 1 aromatic heterocycles. The maximum absolute atomic E-state index is 10.8. The lowest BCUT2D eigenvalue weighted by atomic mass is 10.1. The van der Waals surface area contributed by atoms with E-state index < -0.39 is 4.92 Å². The summed E-state index contributed by atoms with van der Waals surface area (Å²) in [5, 5.41) is 16.0. The fourth-order valence-corrected chi connectivity index (χ4v) is 2.38. The van der Waals surface area contributed by atoms with Gasteiger partial charge in [0, 0.05) is 23.1 Å². The van der Waals surface area contributed by atoms with E-state index in [0.29, 0.717) is 11.4 Å². The lowest BCUT2D eigenvalue weighted by molar-refractivity contribution is -0.384. The number of rotatable bonds is 4. The number of benzene rings is 2. The molecule has 0 amide bonds. The zero-order chi connectivity index (χ0) is 17.1. The molecule has 3 aromatic rings. The molecular formula is C18H16N4O2. The number of aromatic nitrogens is 1. The van der Waals surface area contributed by atoms with Crippen LogP contribution >= 0.6 is 0 Å². The van der Waals surface area contributed by atoms with Crippen LogP contribution < -0.4 is 5.43 Å². The Labute approximate surface area is 139 Å². The van der Waals surface area contributed by atoms with Crippen molar-refractivity contribution in [2.45, 2.75) is 13.8 Å². The topological polar surface area (TPSA) is 80.4 Å². The largest absolute Gasteiger partial charge is 0.270 e. The Bertz CT molecular complexity index is 951. The second-order valence-corrected chi connectivity index (χ2v) is 5.57. The van der Waals surface area contributed by atoms with Gasteiger partial charge in [0.15, 0.2) is 0 Å². The number of hydrazone groups is 1. The van der Waals surface area contributed by atoms with Crippen LogP contribution in [0, 0.1) is 24.0 Å². The van der Waals surface area contributed by atoms with Crippen LogP contribution in [0.1, 0.15) is 16.7 Å². The van der Waals surface area contributed by atoms with Crippen molar-refractivity contribution in [3.8, 4) is 0 Å². The highest BCUT2D eigenvalue weighted by molar-refractivity contribution is 5.83. The first-order valence-corrected chi connectivity index (χ1v) is 7.44. The van der Waals surface area contributed by atoms with Crippen LogP contribution in [0.5, 0.6) is 0 Å². The van der Waals surface area contributed by atoms with Crippen molar-refractivity contribution in [2.24, 2.45) is 5.10 Å². The predicted molar refractivity (Wildman–Crippen MR) is 95.5 cm³/mol. The highest BCUT2D eigenvalue weighted by Crippen LogP contribution is 2.21. The average molecular weight is 320 g/mol. The smallest absolute Gasteiger partial charge is 0.261 e. The molecule has 0 saturated heterocycles. The van der Waals surface area contributed by atoms with E-state index in [0.717, 1.165) is 22.0 Å². The predicted octanol–water partition coefficient (Wildman–Crippen LogP) is 4.21. The number of non-ortho nitro benzene ring substituents is 1. The normalized spacial score (nSPS) is 11.1. The number of nitro benzene ring substituents is 1. The third kappa shape index (κ3) is 3.38. The van der Waals surface area contributed by atoms with Crippen molar-refractivity contribution < 1.29 is 4.92 Å². The Balaban J connectivity index is 1.83. The van der Waals surface area contributed by atoms with Crippen LogP contribution in [0.4, 0.5) is 11.5 Å². The van der Waals surface area contributed by atoms with Crippen molar-refractivity contribution in [1.29, 1.82) is 0 Å². The van der Waals surface area contributed by atoms with Crippen LogP contribution in [0.2, 0.25) is 0 Å². The third-order valence-corrected chi connectivity index (χ3v) is 3.63. The molecule has 0 atom stereocenters. The van der Waals surface area contributed by atoms with Gasteiger partial charge in [-0.25, -0.2) is 4.98 Å². The lowest BCUT2D eigenvalue weighted by Gasteiger charge is -2.07. The van der Waals surface area contributed by atoms with Gasteiger partial charge in [0.1, 0.15) is 5.82 Å². The van der Waals surface area contributed by atoms with Gasteiger partial charge in [0.05, 0.1) is 16.7 Å². The van der Waals surface area contributed by atoms with Gasteiger partial charge in [-0.3, -0.25) is 15.5 Å². The summed E-state index contributed by atoms with van der Waals surface area (Å²) < 4.78 is 0. The van der Waals surface area contributed by atoms with Crippen molar-refractivity contribution in [3.05, 3.63) is 75.3 Å². The Kier molecular flexibility index (Phi) is 4.20. The van der Waals surface area contributed by atoms with E-state index in [1.165, 1.54) is 18.3 Å². The van der Waals surface area contributed by atoms with Gasteiger partial charge in [-0.05, 0) is 37.1 Å². The average Bonchev–Trinajstić information content (AvgIpc) is 2.56. The SMILES string of the molecule is Cc1ccc2cc(C)c(N/N=C\c3cccc([N+](=O)[O-])c3)nc2c1. The van der Waals surface area contributed by atoms with E-state index in [1.807, 2.05) is 32.0 Å². The van der Waals surface area contributed by atoms with Crippen LogP contribution in [-0.2, 0) is 0 Å². The van der Waals surface area contributed by atoms with E-state index in [-0.39, 0.29) is 5.69 Å². The molecule has 0 fully saturated rings. The van der Waals surface area contributed by atoms with E-state index in [2.05, 4.69) is 21.6 Å². The number of fused-ring (bicyclic) bond motifs is 1. The molecule has 1 heterocycles. The van der Waals surface area contributed by atoms with E-state index in [9.17, 15) is 10.1 Å². The minimum absolute atomic E-state index is 0.0365. The molecule has 0 spiro atoms. The first kappa shape index (κ1) is 15.6. The molecule has 3 rings (SSSR count). The number of pyridine rings is 1. The maximum atomic E-state index is 10.8. The molecule has 0 aliphatic rings. The van der Waals surface area contributed by atoms with Crippen molar-refractivity contribution >= 4 is 28.6 Å². The Hall–Kier alpha value is -3.28.